The van der Waals surface area contributed by atoms with E-state index in [4.69, 9.17) is 0 Å². The van der Waals surface area contributed by atoms with Crippen molar-refractivity contribution in [3.63, 3.8) is 0 Å². The molecule has 2 amide bonds. The molecular formula is C19H27N3O2. The molecule has 1 fully saturated rings. The topological polar surface area (TPSA) is 52.7 Å². The molecule has 1 aliphatic heterocycles. The minimum atomic E-state index is -0.263. The molecular weight excluding hydrogens is 302 g/mol. The summed E-state index contributed by atoms with van der Waals surface area (Å²) in [4.78, 5) is 27.4. The largest absolute Gasteiger partial charge is 0.368 e. The molecule has 0 unspecified atom stereocenters. The van der Waals surface area contributed by atoms with Crippen LogP contribution < -0.4 is 10.2 Å². The van der Waals surface area contributed by atoms with Crippen LogP contribution in [0.5, 0.6) is 0 Å². The van der Waals surface area contributed by atoms with Gasteiger partial charge in [0.1, 0.15) is 0 Å². The molecule has 0 radical (unpaired) electrons. The Balaban J connectivity index is 2.02. The number of benzene rings is 1. The summed E-state index contributed by atoms with van der Waals surface area (Å²) in [6.07, 6.45) is 2.63. The molecule has 1 heterocycles. The number of rotatable bonds is 3. The van der Waals surface area contributed by atoms with Crippen LogP contribution in [0.1, 0.15) is 26.3 Å². The summed E-state index contributed by atoms with van der Waals surface area (Å²) in [5.41, 5.74) is 2.65. The SMILES string of the molecule is CNC(=O)C=CC(=O)N1CCN(c2ccccc2C(C)(C)C)CC1. The van der Waals surface area contributed by atoms with E-state index < -0.39 is 0 Å². The van der Waals surface area contributed by atoms with E-state index in [-0.39, 0.29) is 17.2 Å². The van der Waals surface area contributed by atoms with E-state index in [2.05, 4.69) is 55.3 Å². The predicted molar refractivity (Wildman–Crippen MR) is 97.1 cm³/mol. The Labute approximate surface area is 144 Å². The molecule has 0 aliphatic carbocycles. The number of nitrogens with one attached hydrogen (secondary N) is 1. The second kappa shape index (κ2) is 7.51. The zero-order valence-corrected chi connectivity index (χ0v) is 15.0. The number of likely N-dealkylation sites (N-methyl/N-ethyl adjacent to an activating group) is 1. The van der Waals surface area contributed by atoms with Gasteiger partial charge < -0.3 is 15.1 Å². The van der Waals surface area contributed by atoms with Crippen LogP contribution in [0.25, 0.3) is 0 Å². The summed E-state index contributed by atoms with van der Waals surface area (Å²) in [5.74, 6) is -0.372. The van der Waals surface area contributed by atoms with Crippen LogP contribution in [0.3, 0.4) is 0 Å². The number of hydrogen-bond acceptors (Lipinski definition) is 3. The van der Waals surface area contributed by atoms with Crippen LogP contribution in [-0.4, -0.2) is 49.9 Å². The molecule has 0 bridgehead atoms. The van der Waals surface area contributed by atoms with Crippen molar-refractivity contribution >= 4 is 17.5 Å². The number of piperazine rings is 1. The summed E-state index contributed by atoms with van der Waals surface area (Å²) >= 11 is 0. The van der Waals surface area contributed by atoms with Crippen LogP contribution in [-0.2, 0) is 15.0 Å². The first kappa shape index (κ1) is 18.0. The average molecular weight is 329 g/mol. The number of carbonyl (C=O) groups excluding carboxylic acids is 2. The van der Waals surface area contributed by atoms with Gasteiger partial charge in [-0.3, -0.25) is 9.59 Å². The predicted octanol–water partition coefficient (Wildman–Crippen LogP) is 1.93. The lowest BCUT2D eigenvalue weighted by Gasteiger charge is -2.38. The number of hydrogen-bond donors (Lipinski definition) is 1. The molecule has 0 aromatic heterocycles. The third-order valence-corrected chi connectivity index (χ3v) is 4.27. The summed E-state index contributed by atoms with van der Waals surface area (Å²) in [6, 6.07) is 8.48. The van der Waals surface area contributed by atoms with Gasteiger partial charge in [0, 0.05) is 51.1 Å². The molecule has 130 valence electrons. The highest BCUT2D eigenvalue weighted by Gasteiger charge is 2.24. The van der Waals surface area contributed by atoms with Gasteiger partial charge in [0.15, 0.2) is 0 Å². The van der Waals surface area contributed by atoms with Gasteiger partial charge in [0.05, 0.1) is 0 Å². The summed E-state index contributed by atoms with van der Waals surface area (Å²) < 4.78 is 0. The normalized spacial score (nSPS) is 15.7. The van der Waals surface area contributed by atoms with Crippen LogP contribution in [0.4, 0.5) is 5.69 Å². The van der Waals surface area contributed by atoms with Crippen molar-refractivity contribution in [1.29, 1.82) is 0 Å². The number of para-hydroxylation sites is 1. The van der Waals surface area contributed by atoms with E-state index in [1.807, 2.05) is 0 Å². The quantitative estimate of drug-likeness (QED) is 0.862. The Hall–Kier alpha value is -2.30. The standard InChI is InChI=1S/C19H27N3O2/c1-19(2,3)15-7-5-6-8-16(15)21-11-13-22(14-12-21)18(24)10-9-17(23)20-4/h5-10H,11-14H2,1-4H3,(H,20,23). The maximum absolute atomic E-state index is 12.1. The maximum Gasteiger partial charge on any atom is 0.246 e. The minimum absolute atomic E-state index is 0.0831. The molecule has 5 nitrogen and oxygen atoms in total. The van der Waals surface area contributed by atoms with Gasteiger partial charge in [-0.05, 0) is 17.0 Å². The Morgan fingerprint density at radius 1 is 1.04 bits per heavy atom. The highest BCUT2D eigenvalue weighted by molar-refractivity contribution is 5.96. The second-order valence-electron chi connectivity index (χ2n) is 7.03. The fraction of sp³-hybridized carbons (Fsp3) is 0.474. The van der Waals surface area contributed by atoms with Gasteiger partial charge in [-0.2, -0.15) is 0 Å². The second-order valence-corrected chi connectivity index (χ2v) is 7.03. The number of nitrogens with zero attached hydrogens (tertiary/aromatic N) is 2. The van der Waals surface area contributed by atoms with Crippen LogP contribution >= 0.6 is 0 Å². The molecule has 1 aliphatic rings. The monoisotopic (exact) mass is 329 g/mol. The maximum atomic E-state index is 12.1. The smallest absolute Gasteiger partial charge is 0.246 e. The Morgan fingerprint density at radius 3 is 2.25 bits per heavy atom. The van der Waals surface area contributed by atoms with Gasteiger partial charge in [-0.25, -0.2) is 0 Å². The molecule has 5 heteroatoms. The zero-order valence-electron chi connectivity index (χ0n) is 15.0. The molecule has 2 rings (SSSR count). The van der Waals surface area contributed by atoms with Gasteiger partial charge in [-0.1, -0.05) is 39.0 Å². The van der Waals surface area contributed by atoms with Crippen molar-refractivity contribution in [2.24, 2.45) is 0 Å². The Morgan fingerprint density at radius 2 is 1.67 bits per heavy atom. The fourth-order valence-electron chi connectivity index (χ4n) is 2.89. The highest BCUT2D eigenvalue weighted by atomic mass is 16.2. The molecule has 1 aromatic carbocycles. The van der Waals surface area contributed by atoms with E-state index in [0.29, 0.717) is 13.1 Å². The summed E-state index contributed by atoms with van der Waals surface area (Å²) in [5, 5.41) is 2.47. The Kier molecular flexibility index (Phi) is 5.65. The third kappa shape index (κ3) is 4.37. The number of amides is 2. The molecule has 1 saturated heterocycles. The molecule has 0 saturated carbocycles. The zero-order chi connectivity index (χ0) is 17.7. The highest BCUT2D eigenvalue weighted by Crippen LogP contribution is 2.32. The van der Waals surface area contributed by atoms with E-state index in [9.17, 15) is 9.59 Å². The first-order valence-corrected chi connectivity index (χ1v) is 8.36. The lowest BCUT2D eigenvalue weighted by molar-refractivity contribution is -0.126. The van der Waals surface area contributed by atoms with Crippen molar-refractivity contribution in [3.8, 4) is 0 Å². The molecule has 0 spiro atoms. The third-order valence-electron chi connectivity index (χ3n) is 4.27. The average Bonchev–Trinajstić information content (AvgIpc) is 2.58. The number of carbonyl (C=O) groups is 2. The van der Waals surface area contributed by atoms with E-state index in [1.54, 1.807) is 11.9 Å². The molecule has 1 N–H and O–H groups in total. The van der Waals surface area contributed by atoms with Crippen molar-refractivity contribution in [3.05, 3.63) is 42.0 Å². The van der Waals surface area contributed by atoms with E-state index >= 15 is 0 Å². The summed E-state index contributed by atoms with van der Waals surface area (Å²) in [7, 11) is 1.54. The van der Waals surface area contributed by atoms with Gasteiger partial charge in [0.25, 0.3) is 0 Å². The van der Waals surface area contributed by atoms with Gasteiger partial charge in [0.2, 0.25) is 11.8 Å². The minimum Gasteiger partial charge on any atom is -0.368 e. The van der Waals surface area contributed by atoms with Crippen molar-refractivity contribution in [2.75, 3.05) is 38.1 Å². The van der Waals surface area contributed by atoms with Crippen LogP contribution in [0.15, 0.2) is 36.4 Å². The summed E-state index contributed by atoms with van der Waals surface area (Å²) in [6.45, 7) is 9.57. The molecule has 1 aromatic rings. The lowest BCUT2D eigenvalue weighted by atomic mass is 9.85. The van der Waals surface area contributed by atoms with E-state index in [1.165, 1.54) is 23.4 Å². The van der Waals surface area contributed by atoms with Crippen molar-refractivity contribution in [1.82, 2.24) is 10.2 Å². The first-order valence-electron chi connectivity index (χ1n) is 8.36. The van der Waals surface area contributed by atoms with Gasteiger partial charge in [-0.15, -0.1) is 0 Å². The number of anilines is 1. The van der Waals surface area contributed by atoms with Crippen molar-refractivity contribution < 1.29 is 9.59 Å². The molecule has 0 atom stereocenters. The van der Waals surface area contributed by atoms with Gasteiger partial charge >= 0.3 is 0 Å². The fourth-order valence-corrected chi connectivity index (χ4v) is 2.89. The van der Waals surface area contributed by atoms with Crippen LogP contribution in [0.2, 0.25) is 0 Å². The van der Waals surface area contributed by atoms with Crippen LogP contribution in [0, 0.1) is 0 Å². The first-order chi connectivity index (χ1) is 11.3. The Bertz CT molecular complexity index is 624. The lowest BCUT2D eigenvalue weighted by Crippen LogP contribution is -2.48. The van der Waals surface area contributed by atoms with E-state index in [0.717, 1.165) is 13.1 Å². The molecule has 24 heavy (non-hydrogen) atoms. The van der Waals surface area contributed by atoms with Crippen molar-refractivity contribution in [2.45, 2.75) is 26.2 Å².